The van der Waals surface area contributed by atoms with Crippen LogP contribution in [0.2, 0.25) is 0 Å². The number of nitrogens with zero attached hydrogens (tertiary/aromatic N) is 2. The molecule has 2 aromatic rings. The maximum atomic E-state index is 13.3. The Morgan fingerprint density at radius 3 is 1.55 bits per heavy atom. The molecule has 2 aliphatic heterocycles. The van der Waals surface area contributed by atoms with E-state index < -0.39 is 29.5 Å². The van der Waals surface area contributed by atoms with Gasteiger partial charge in [-0.1, -0.05) is 6.42 Å². The Morgan fingerprint density at radius 1 is 0.650 bits per heavy atom. The first-order valence-corrected chi connectivity index (χ1v) is 13.8. The first kappa shape index (κ1) is 29.3. The second-order valence-corrected chi connectivity index (χ2v) is 9.94. The molecule has 40 heavy (non-hydrogen) atoms. The predicted molar refractivity (Wildman–Crippen MR) is 147 cm³/mol. The van der Waals surface area contributed by atoms with E-state index in [4.69, 9.17) is 10.9 Å². The van der Waals surface area contributed by atoms with Crippen LogP contribution in [0.25, 0.3) is 10.8 Å². The van der Waals surface area contributed by atoms with Gasteiger partial charge in [0.15, 0.2) is 0 Å². The lowest BCUT2D eigenvalue weighted by atomic mass is 9.86. The van der Waals surface area contributed by atoms with Crippen molar-refractivity contribution in [3.63, 3.8) is 0 Å². The van der Waals surface area contributed by atoms with Crippen LogP contribution in [0.15, 0.2) is 24.3 Å². The van der Waals surface area contributed by atoms with Gasteiger partial charge in [0.25, 0.3) is 23.6 Å². The summed E-state index contributed by atoms with van der Waals surface area (Å²) in [6.07, 6.45) is 3.25. The highest BCUT2D eigenvalue weighted by Crippen LogP contribution is 2.37. The maximum absolute atomic E-state index is 13.3. The SMILES string of the molecule is NCCCNCCNCCCN1C(=O)c2ccc3c4c(ccc(c24)C1=O)C(=O)N(CCCCCC(=O)NO)C3=O. The van der Waals surface area contributed by atoms with Gasteiger partial charge in [0, 0.05) is 65.6 Å². The van der Waals surface area contributed by atoms with Gasteiger partial charge in [-0.05, 0) is 69.6 Å². The molecule has 0 atom stereocenters. The summed E-state index contributed by atoms with van der Waals surface area (Å²) in [5.74, 6) is -2.29. The lowest BCUT2D eigenvalue weighted by molar-refractivity contribution is -0.129. The first-order valence-electron chi connectivity index (χ1n) is 13.8. The molecule has 0 aliphatic carbocycles. The fraction of sp³-hybridized carbons (Fsp3) is 0.464. The van der Waals surface area contributed by atoms with Gasteiger partial charge in [-0.25, -0.2) is 5.48 Å². The second kappa shape index (κ2) is 13.6. The summed E-state index contributed by atoms with van der Waals surface area (Å²) in [5.41, 5.74) is 8.24. The Labute approximate surface area is 232 Å². The van der Waals surface area contributed by atoms with E-state index in [-0.39, 0.29) is 30.6 Å². The van der Waals surface area contributed by atoms with Gasteiger partial charge in [-0.15, -0.1) is 0 Å². The van der Waals surface area contributed by atoms with Crippen LogP contribution < -0.4 is 21.8 Å². The van der Waals surface area contributed by atoms with Crippen molar-refractivity contribution in [1.29, 1.82) is 0 Å². The van der Waals surface area contributed by atoms with Gasteiger partial charge in [-0.3, -0.25) is 39.0 Å². The van der Waals surface area contributed by atoms with Crippen LogP contribution in [-0.4, -0.2) is 90.4 Å². The summed E-state index contributed by atoms with van der Waals surface area (Å²) in [7, 11) is 0. The van der Waals surface area contributed by atoms with E-state index in [0.717, 1.165) is 26.1 Å². The fourth-order valence-electron chi connectivity index (χ4n) is 5.18. The fourth-order valence-corrected chi connectivity index (χ4v) is 5.18. The van der Waals surface area contributed by atoms with Crippen LogP contribution in [0.5, 0.6) is 0 Å². The maximum Gasteiger partial charge on any atom is 0.261 e. The topological polar surface area (TPSA) is 174 Å². The minimum absolute atomic E-state index is 0.148. The van der Waals surface area contributed by atoms with Crippen molar-refractivity contribution in [2.45, 2.75) is 38.5 Å². The summed E-state index contributed by atoms with van der Waals surface area (Å²) in [5, 5.41) is 15.9. The quantitative estimate of drug-likeness (QED) is 0.0881. The van der Waals surface area contributed by atoms with Crippen molar-refractivity contribution in [1.82, 2.24) is 25.9 Å². The molecule has 0 bridgehead atoms. The summed E-state index contributed by atoms with van der Waals surface area (Å²) in [6, 6.07) is 6.25. The summed E-state index contributed by atoms with van der Waals surface area (Å²) >= 11 is 0. The number of hydrogen-bond donors (Lipinski definition) is 5. The number of hydroxylamine groups is 1. The van der Waals surface area contributed by atoms with E-state index in [9.17, 15) is 24.0 Å². The molecule has 0 fully saturated rings. The Bertz CT molecular complexity index is 1240. The molecule has 2 heterocycles. The number of benzene rings is 2. The molecule has 0 aromatic heterocycles. The average molecular weight is 553 g/mol. The van der Waals surface area contributed by atoms with Crippen molar-refractivity contribution in [2.24, 2.45) is 5.73 Å². The molecule has 6 N–H and O–H groups in total. The number of rotatable bonds is 16. The highest BCUT2D eigenvalue weighted by atomic mass is 16.5. The van der Waals surface area contributed by atoms with Crippen molar-refractivity contribution in [3.05, 3.63) is 46.5 Å². The van der Waals surface area contributed by atoms with Crippen LogP contribution in [-0.2, 0) is 4.79 Å². The molecule has 12 nitrogen and oxygen atoms in total. The van der Waals surface area contributed by atoms with E-state index in [1.165, 1.54) is 9.80 Å². The van der Waals surface area contributed by atoms with E-state index in [0.29, 0.717) is 60.7 Å². The number of imide groups is 2. The number of carbonyl (C=O) groups excluding carboxylic acids is 5. The number of unbranched alkanes of at least 4 members (excludes halogenated alkanes) is 2. The molecule has 12 heteroatoms. The third kappa shape index (κ3) is 6.04. The van der Waals surface area contributed by atoms with E-state index in [2.05, 4.69) is 10.6 Å². The zero-order valence-electron chi connectivity index (χ0n) is 22.5. The Hall–Kier alpha value is -3.71. The summed E-state index contributed by atoms with van der Waals surface area (Å²) < 4.78 is 0. The molecular weight excluding hydrogens is 516 g/mol. The molecule has 5 amide bonds. The highest BCUT2D eigenvalue weighted by Gasteiger charge is 2.39. The Balaban J connectivity index is 1.43. The zero-order chi connectivity index (χ0) is 28.6. The van der Waals surface area contributed by atoms with E-state index in [1.54, 1.807) is 29.7 Å². The zero-order valence-corrected chi connectivity index (χ0v) is 22.5. The Morgan fingerprint density at radius 2 is 1.10 bits per heavy atom. The average Bonchev–Trinajstić information content (AvgIpc) is 2.96. The summed E-state index contributed by atoms with van der Waals surface area (Å²) in [4.78, 5) is 66.9. The molecule has 214 valence electrons. The standard InChI is InChI=1S/C28H36N6O6/c29-11-4-12-30-14-15-31-13-5-17-34-27(38)20-9-7-18-23-19(8-10-21(24(20)23)28(34)39)26(37)33(25(18)36)16-3-1-2-6-22(35)32-40/h7-10,30-31,40H,1-6,11-17,29H2,(H,32,35). The molecule has 0 saturated carbocycles. The van der Waals surface area contributed by atoms with Gasteiger partial charge in [0.1, 0.15) is 0 Å². The van der Waals surface area contributed by atoms with Gasteiger partial charge >= 0.3 is 0 Å². The van der Waals surface area contributed by atoms with E-state index in [1.807, 2.05) is 0 Å². The van der Waals surface area contributed by atoms with Crippen molar-refractivity contribution in [2.75, 3.05) is 45.8 Å². The lowest BCUT2D eigenvalue weighted by Gasteiger charge is -2.32. The third-order valence-corrected chi connectivity index (χ3v) is 7.24. The van der Waals surface area contributed by atoms with Crippen molar-refractivity contribution >= 4 is 40.3 Å². The molecule has 4 rings (SSSR count). The number of nitrogens with one attached hydrogen (secondary N) is 3. The Kier molecular flexibility index (Phi) is 9.93. The minimum atomic E-state index is -0.486. The smallest absolute Gasteiger partial charge is 0.261 e. The third-order valence-electron chi connectivity index (χ3n) is 7.24. The molecule has 0 spiro atoms. The number of amides is 5. The van der Waals surface area contributed by atoms with Gasteiger partial charge in [0.05, 0.1) is 0 Å². The van der Waals surface area contributed by atoms with Crippen LogP contribution in [0.3, 0.4) is 0 Å². The molecule has 0 radical (unpaired) electrons. The number of hydrogen-bond acceptors (Lipinski definition) is 9. The molecule has 2 aromatic carbocycles. The second-order valence-electron chi connectivity index (χ2n) is 9.94. The van der Waals surface area contributed by atoms with Crippen LogP contribution in [0.4, 0.5) is 0 Å². The predicted octanol–water partition coefficient (Wildman–Crippen LogP) is 1.02. The van der Waals surface area contributed by atoms with Gasteiger partial charge in [-0.2, -0.15) is 0 Å². The minimum Gasteiger partial charge on any atom is -0.330 e. The van der Waals surface area contributed by atoms with Gasteiger partial charge < -0.3 is 16.4 Å². The molecule has 2 aliphatic rings. The summed E-state index contributed by atoms with van der Waals surface area (Å²) in [6.45, 7) is 4.15. The largest absolute Gasteiger partial charge is 0.330 e. The first-order chi connectivity index (χ1) is 19.4. The lowest BCUT2D eigenvalue weighted by Crippen LogP contribution is -2.44. The van der Waals surface area contributed by atoms with Crippen LogP contribution in [0.1, 0.15) is 80.0 Å². The van der Waals surface area contributed by atoms with Crippen molar-refractivity contribution in [3.8, 4) is 0 Å². The monoisotopic (exact) mass is 552 g/mol. The normalized spacial score (nSPS) is 14.4. The van der Waals surface area contributed by atoms with Crippen molar-refractivity contribution < 1.29 is 29.2 Å². The number of carbonyl (C=O) groups is 5. The van der Waals surface area contributed by atoms with Crippen LogP contribution >= 0.6 is 0 Å². The molecule has 0 saturated heterocycles. The molecule has 0 unspecified atom stereocenters. The van der Waals surface area contributed by atoms with Crippen LogP contribution in [0, 0.1) is 0 Å². The number of nitrogens with two attached hydrogens (primary N) is 1. The molecular formula is C28H36N6O6. The van der Waals surface area contributed by atoms with E-state index >= 15 is 0 Å². The van der Waals surface area contributed by atoms with Gasteiger partial charge in [0.2, 0.25) is 5.91 Å². The highest BCUT2D eigenvalue weighted by molar-refractivity contribution is 6.33.